The largest absolute Gasteiger partial charge is 0.465 e. The molecule has 2 atom stereocenters. The van der Waals surface area contributed by atoms with Crippen molar-refractivity contribution in [3.05, 3.63) is 0 Å². The van der Waals surface area contributed by atoms with Gasteiger partial charge in [0.25, 0.3) is 0 Å². The first-order chi connectivity index (χ1) is 6.32. The molecule has 2 N–H and O–H groups in total. The van der Waals surface area contributed by atoms with Gasteiger partial charge in [0, 0.05) is 13.0 Å². The molecule has 1 amide bonds. The summed E-state index contributed by atoms with van der Waals surface area (Å²) >= 11 is 0. The minimum atomic E-state index is -4.61. The van der Waals surface area contributed by atoms with Crippen molar-refractivity contribution in [2.24, 2.45) is 0 Å². The summed E-state index contributed by atoms with van der Waals surface area (Å²) in [5, 5.41) is 17.5. The van der Waals surface area contributed by atoms with Gasteiger partial charge in [-0.05, 0) is 6.42 Å². The number of likely N-dealkylation sites (tertiary alicyclic amines) is 1. The summed E-state index contributed by atoms with van der Waals surface area (Å²) in [5.41, 5.74) is 0. The van der Waals surface area contributed by atoms with Crippen LogP contribution in [0.1, 0.15) is 12.8 Å². The van der Waals surface area contributed by atoms with Crippen molar-refractivity contribution in [1.82, 2.24) is 4.90 Å². The quantitative estimate of drug-likeness (QED) is 0.632. The zero-order valence-corrected chi connectivity index (χ0v) is 7.16. The van der Waals surface area contributed by atoms with E-state index in [1.807, 2.05) is 0 Å². The number of aliphatic hydroxyl groups excluding tert-OH is 1. The number of carboxylic acid groups (broad SMARTS) is 1. The highest BCUT2D eigenvalue weighted by Gasteiger charge is 2.48. The van der Waals surface area contributed by atoms with Crippen LogP contribution in [0.2, 0.25) is 0 Å². The standard InChI is InChI=1S/C7H10F3NO3/c8-7(9,10)5-3-4(12)1-2-11(5)6(13)14/h4-5,12H,1-3H2,(H,13,14)/t4-,5-/m1/s1. The molecule has 1 fully saturated rings. The minimum absolute atomic E-state index is 0.0544. The van der Waals surface area contributed by atoms with E-state index in [4.69, 9.17) is 10.2 Å². The first kappa shape index (κ1) is 11.1. The zero-order chi connectivity index (χ0) is 10.9. The molecule has 1 aliphatic rings. The molecule has 1 saturated heterocycles. The van der Waals surface area contributed by atoms with Crippen LogP contribution in [-0.2, 0) is 0 Å². The number of carbonyl (C=O) groups is 1. The van der Waals surface area contributed by atoms with Gasteiger partial charge in [-0.25, -0.2) is 4.79 Å². The Labute approximate surface area is 77.9 Å². The van der Waals surface area contributed by atoms with Crippen LogP contribution in [0.15, 0.2) is 0 Å². The third-order valence-electron chi connectivity index (χ3n) is 2.20. The monoisotopic (exact) mass is 213 g/mol. The molecule has 4 nitrogen and oxygen atoms in total. The fourth-order valence-corrected chi connectivity index (χ4v) is 1.49. The van der Waals surface area contributed by atoms with E-state index in [0.29, 0.717) is 4.90 Å². The molecule has 1 aliphatic heterocycles. The first-order valence-corrected chi connectivity index (χ1v) is 4.06. The Kier molecular flexibility index (Phi) is 2.89. The SMILES string of the molecule is O=C(O)N1CC[C@@H](O)C[C@@H]1C(F)(F)F. The molecule has 0 aromatic rings. The molecular weight excluding hydrogens is 203 g/mol. The second-order valence-corrected chi connectivity index (χ2v) is 3.21. The molecule has 0 aliphatic carbocycles. The molecule has 0 unspecified atom stereocenters. The summed E-state index contributed by atoms with van der Waals surface area (Å²) < 4.78 is 36.9. The number of hydrogen-bond acceptors (Lipinski definition) is 2. The van der Waals surface area contributed by atoms with Crippen LogP contribution < -0.4 is 0 Å². The van der Waals surface area contributed by atoms with Crippen molar-refractivity contribution in [3.8, 4) is 0 Å². The number of piperidine rings is 1. The summed E-state index contributed by atoms with van der Waals surface area (Å²) in [5.74, 6) is 0. The topological polar surface area (TPSA) is 60.8 Å². The van der Waals surface area contributed by atoms with Gasteiger partial charge in [-0.2, -0.15) is 13.2 Å². The second kappa shape index (κ2) is 3.64. The van der Waals surface area contributed by atoms with Crippen molar-refractivity contribution >= 4 is 6.09 Å². The lowest BCUT2D eigenvalue weighted by Crippen LogP contribution is -2.53. The summed E-state index contributed by atoms with van der Waals surface area (Å²) in [7, 11) is 0. The molecule has 7 heteroatoms. The van der Waals surface area contributed by atoms with E-state index in [1.54, 1.807) is 0 Å². The fourth-order valence-electron chi connectivity index (χ4n) is 1.49. The summed E-state index contributed by atoms with van der Waals surface area (Å²) in [6, 6.07) is -2.08. The minimum Gasteiger partial charge on any atom is -0.465 e. The third kappa shape index (κ3) is 2.28. The van der Waals surface area contributed by atoms with Gasteiger partial charge >= 0.3 is 12.3 Å². The lowest BCUT2D eigenvalue weighted by molar-refractivity contribution is -0.193. The average Bonchev–Trinajstić information content (AvgIpc) is 2.01. The number of alkyl halides is 3. The Balaban J connectivity index is 2.79. The van der Waals surface area contributed by atoms with E-state index in [9.17, 15) is 18.0 Å². The predicted molar refractivity (Wildman–Crippen MR) is 39.8 cm³/mol. The molecule has 1 rings (SSSR count). The smallest absolute Gasteiger partial charge is 0.409 e. The number of rotatable bonds is 0. The van der Waals surface area contributed by atoms with Crippen LogP contribution >= 0.6 is 0 Å². The predicted octanol–water partition coefficient (Wildman–Crippen LogP) is 1.05. The Morgan fingerprint density at radius 1 is 1.43 bits per heavy atom. The van der Waals surface area contributed by atoms with Crippen LogP contribution in [-0.4, -0.2) is 46.1 Å². The fraction of sp³-hybridized carbons (Fsp3) is 0.857. The lowest BCUT2D eigenvalue weighted by atomic mass is 10.00. The number of hydrogen-bond donors (Lipinski definition) is 2. The van der Waals surface area contributed by atoms with Crippen molar-refractivity contribution in [2.75, 3.05) is 6.54 Å². The molecule has 82 valence electrons. The van der Waals surface area contributed by atoms with E-state index in [1.165, 1.54) is 0 Å². The van der Waals surface area contributed by atoms with Gasteiger partial charge in [-0.15, -0.1) is 0 Å². The Morgan fingerprint density at radius 3 is 2.43 bits per heavy atom. The highest BCUT2D eigenvalue weighted by molar-refractivity contribution is 5.65. The van der Waals surface area contributed by atoms with E-state index in [0.717, 1.165) is 0 Å². The van der Waals surface area contributed by atoms with E-state index >= 15 is 0 Å². The molecule has 1 heterocycles. The summed E-state index contributed by atoms with van der Waals surface area (Å²) in [6.45, 7) is -0.277. The molecule has 0 saturated carbocycles. The van der Waals surface area contributed by atoms with Gasteiger partial charge in [-0.1, -0.05) is 0 Å². The molecule has 0 aromatic carbocycles. The molecular formula is C7H10F3NO3. The molecule has 0 spiro atoms. The average molecular weight is 213 g/mol. The van der Waals surface area contributed by atoms with E-state index in [2.05, 4.69) is 0 Å². The van der Waals surface area contributed by atoms with Gasteiger partial charge in [0.1, 0.15) is 6.04 Å². The van der Waals surface area contributed by atoms with Crippen LogP contribution in [0.5, 0.6) is 0 Å². The van der Waals surface area contributed by atoms with E-state index in [-0.39, 0.29) is 13.0 Å². The van der Waals surface area contributed by atoms with Crippen molar-refractivity contribution < 1.29 is 28.2 Å². The Morgan fingerprint density at radius 2 is 2.00 bits per heavy atom. The first-order valence-electron chi connectivity index (χ1n) is 4.06. The van der Waals surface area contributed by atoms with Gasteiger partial charge in [0.05, 0.1) is 6.10 Å². The number of aliphatic hydroxyl groups is 1. The van der Waals surface area contributed by atoms with Gasteiger partial charge in [0.15, 0.2) is 0 Å². The van der Waals surface area contributed by atoms with Crippen LogP contribution in [0.25, 0.3) is 0 Å². The Hall–Kier alpha value is -0.980. The summed E-state index contributed by atoms with van der Waals surface area (Å²) in [6.07, 6.45) is -7.80. The lowest BCUT2D eigenvalue weighted by Gasteiger charge is -2.36. The van der Waals surface area contributed by atoms with Gasteiger partial charge in [-0.3, -0.25) is 4.90 Å². The maximum atomic E-state index is 12.3. The van der Waals surface area contributed by atoms with E-state index < -0.39 is 30.8 Å². The van der Waals surface area contributed by atoms with Gasteiger partial charge < -0.3 is 10.2 Å². The molecule has 0 aromatic heterocycles. The maximum absolute atomic E-state index is 12.3. The zero-order valence-electron chi connectivity index (χ0n) is 7.16. The van der Waals surface area contributed by atoms with Crippen molar-refractivity contribution in [1.29, 1.82) is 0 Å². The second-order valence-electron chi connectivity index (χ2n) is 3.21. The molecule has 0 bridgehead atoms. The number of halogens is 3. The number of nitrogens with zero attached hydrogens (tertiary/aromatic N) is 1. The molecule has 14 heavy (non-hydrogen) atoms. The van der Waals surface area contributed by atoms with Crippen LogP contribution in [0.3, 0.4) is 0 Å². The highest BCUT2D eigenvalue weighted by atomic mass is 19.4. The maximum Gasteiger partial charge on any atom is 0.409 e. The summed E-state index contributed by atoms with van der Waals surface area (Å²) in [4.78, 5) is 10.8. The van der Waals surface area contributed by atoms with Gasteiger partial charge in [0.2, 0.25) is 0 Å². The normalized spacial score (nSPS) is 29.0. The number of amides is 1. The van der Waals surface area contributed by atoms with Crippen LogP contribution in [0.4, 0.5) is 18.0 Å². The highest BCUT2D eigenvalue weighted by Crippen LogP contribution is 2.31. The third-order valence-corrected chi connectivity index (χ3v) is 2.20. The van der Waals surface area contributed by atoms with Crippen LogP contribution in [0, 0.1) is 0 Å². The van der Waals surface area contributed by atoms with Crippen molar-refractivity contribution in [3.63, 3.8) is 0 Å². The van der Waals surface area contributed by atoms with Crippen molar-refractivity contribution in [2.45, 2.75) is 31.2 Å². The molecule has 0 radical (unpaired) electrons. The Bertz CT molecular complexity index is 231.